The summed E-state index contributed by atoms with van der Waals surface area (Å²) in [6.45, 7) is 11.7. The molecule has 2 heterocycles. The molecule has 0 spiro atoms. The van der Waals surface area contributed by atoms with Crippen LogP contribution >= 0.6 is 0 Å². The standard InChI is InChI=1S/C28H39N3O3/c1-4-31(5-2)28(32)24-10-8-14-29(20-24)18-22-12-13-27-25(17-22)21-30(15-16-34-27)19-23-9-6-7-11-26(23)33-3/h6-7,9,11-13,17,24H,4-5,8,10,14-16,18-21H2,1-3H3/t24-/m0/s1. The Morgan fingerprint density at radius 2 is 1.91 bits per heavy atom. The smallest absolute Gasteiger partial charge is 0.226 e. The van der Waals surface area contributed by atoms with Crippen LogP contribution in [0.5, 0.6) is 11.5 Å². The Labute approximate surface area is 204 Å². The summed E-state index contributed by atoms with van der Waals surface area (Å²) in [4.78, 5) is 19.7. The topological polar surface area (TPSA) is 45.3 Å². The summed E-state index contributed by atoms with van der Waals surface area (Å²) in [6, 6.07) is 14.8. The van der Waals surface area contributed by atoms with Gasteiger partial charge in [0.15, 0.2) is 0 Å². The van der Waals surface area contributed by atoms with Crippen LogP contribution in [0.2, 0.25) is 0 Å². The van der Waals surface area contributed by atoms with Gasteiger partial charge in [0.1, 0.15) is 18.1 Å². The fraction of sp³-hybridized carbons (Fsp3) is 0.536. The summed E-state index contributed by atoms with van der Waals surface area (Å²) in [5.41, 5.74) is 3.72. The van der Waals surface area contributed by atoms with Gasteiger partial charge in [-0.15, -0.1) is 0 Å². The lowest BCUT2D eigenvalue weighted by molar-refractivity contribution is -0.137. The number of hydrogen-bond donors (Lipinski definition) is 0. The minimum Gasteiger partial charge on any atom is -0.496 e. The first kappa shape index (κ1) is 24.6. The fourth-order valence-corrected chi connectivity index (χ4v) is 5.26. The number of ether oxygens (including phenoxy) is 2. The van der Waals surface area contributed by atoms with Crippen molar-refractivity contribution in [3.05, 3.63) is 59.2 Å². The lowest BCUT2D eigenvalue weighted by Crippen LogP contribution is -2.44. The number of benzene rings is 2. The Kier molecular flexibility index (Phi) is 8.46. The van der Waals surface area contributed by atoms with E-state index in [1.54, 1.807) is 7.11 Å². The summed E-state index contributed by atoms with van der Waals surface area (Å²) < 4.78 is 11.6. The van der Waals surface area contributed by atoms with Crippen molar-refractivity contribution in [1.29, 1.82) is 0 Å². The molecule has 1 atom stereocenters. The molecule has 2 aromatic rings. The predicted octanol–water partition coefficient (Wildman–Crippen LogP) is 4.17. The van der Waals surface area contributed by atoms with Crippen LogP contribution in [-0.2, 0) is 24.4 Å². The van der Waals surface area contributed by atoms with Gasteiger partial charge in [0.25, 0.3) is 0 Å². The second-order valence-electron chi connectivity index (χ2n) is 9.40. The summed E-state index contributed by atoms with van der Waals surface area (Å²) in [7, 11) is 1.73. The number of amides is 1. The van der Waals surface area contributed by atoms with Gasteiger partial charge in [0, 0.05) is 56.9 Å². The average Bonchev–Trinajstić information content (AvgIpc) is 3.06. The number of carbonyl (C=O) groups is 1. The third-order valence-corrected chi connectivity index (χ3v) is 7.11. The van der Waals surface area contributed by atoms with Crippen LogP contribution in [0.15, 0.2) is 42.5 Å². The van der Waals surface area contributed by atoms with Crippen LogP contribution < -0.4 is 9.47 Å². The van der Waals surface area contributed by atoms with Gasteiger partial charge in [-0.2, -0.15) is 0 Å². The molecular weight excluding hydrogens is 426 g/mol. The molecule has 2 aliphatic heterocycles. The van der Waals surface area contributed by atoms with Crippen molar-refractivity contribution >= 4 is 5.91 Å². The van der Waals surface area contributed by atoms with Crippen LogP contribution in [0.1, 0.15) is 43.4 Å². The predicted molar refractivity (Wildman–Crippen MR) is 135 cm³/mol. The third-order valence-electron chi connectivity index (χ3n) is 7.11. The van der Waals surface area contributed by atoms with Crippen LogP contribution in [0.3, 0.4) is 0 Å². The minimum atomic E-state index is 0.120. The third kappa shape index (κ3) is 5.91. The molecule has 0 N–H and O–H groups in total. The van der Waals surface area contributed by atoms with Crippen LogP contribution in [0, 0.1) is 5.92 Å². The van der Waals surface area contributed by atoms with E-state index in [1.807, 2.05) is 17.0 Å². The summed E-state index contributed by atoms with van der Waals surface area (Å²) in [5.74, 6) is 2.35. The van der Waals surface area contributed by atoms with Gasteiger partial charge in [-0.3, -0.25) is 14.6 Å². The minimum absolute atomic E-state index is 0.120. The van der Waals surface area contributed by atoms with Crippen molar-refractivity contribution < 1.29 is 14.3 Å². The van der Waals surface area contributed by atoms with E-state index in [2.05, 4.69) is 54.0 Å². The van der Waals surface area contributed by atoms with Crippen molar-refractivity contribution in [1.82, 2.24) is 14.7 Å². The number of likely N-dealkylation sites (tertiary alicyclic amines) is 1. The molecule has 184 valence electrons. The molecule has 2 aromatic carbocycles. The number of piperidine rings is 1. The molecule has 6 heteroatoms. The number of para-hydroxylation sites is 1. The maximum absolute atomic E-state index is 12.9. The number of fused-ring (bicyclic) bond motifs is 1. The van der Waals surface area contributed by atoms with Crippen molar-refractivity contribution in [3.63, 3.8) is 0 Å². The van der Waals surface area contributed by atoms with E-state index < -0.39 is 0 Å². The van der Waals surface area contributed by atoms with Gasteiger partial charge in [-0.05, 0) is 57.0 Å². The highest BCUT2D eigenvalue weighted by molar-refractivity contribution is 5.79. The van der Waals surface area contributed by atoms with Crippen molar-refractivity contribution in [2.45, 2.75) is 46.3 Å². The lowest BCUT2D eigenvalue weighted by atomic mass is 9.95. The zero-order valence-corrected chi connectivity index (χ0v) is 21.0. The molecule has 1 saturated heterocycles. The van der Waals surface area contributed by atoms with Gasteiger partial charge in [0.05, 0.1) is 13.0 Å². The molecule has 34 heavy (non-hydrogen) atoms. The first-order valence-electron chi connectivity index (χ1n) is 12.7. The van der Waals surface area contributed by atoms with Crippen molar-refractivity contribution in [2.75, 3.05) is 46.4 Å². The highest BCUT2D eigenvalue weighted by Crippen LogP contribution is 2.28. The largest absolute Gasteiger partial charge is 0.496 e. The van der Waals surface area contributed by atoms with E-state index in [1.165, 1.54) is 16.7 Å². The second-order valence-corrected chi connectivity index (χ2v) is 9.40. The highest BCUT2D eigenvalue weighted by atomic mass is 16.5. The monoisotopic (exact) mass is 465 g/mol. The van der Waals surface area contributed by atoms with E-state index in [9.17, 15) is 4.79 Å². The molecule has 0 aromatic heterocycles. The van der Waals surface area contributed by atoms with Gasteiger partial charge < -0.3 is 14.4 Å². The maximum atomic E-state index is 12.9. The number of rotatable bonds is 8. The quantitative estimate of drug-likeness (QED) is 0.586. The fourth-order valence-electron chi connectivity index (χ4n) is 5.26. The Hall–Kier alpha value is -2.57. The molecule has 2 aliphatic rings. The molecule has 1 fully saturated rings. The van der Waals surface area contributed by atoms with Crippen molar-refractivity contribution in [3.8, 4) is 11.5 Å². The van der Waals surface area contributed by atoms with Gasteiger partial charge >= 0.3 is 0 Å². The SMILES string of the molecule is CCN(CC)C(=O)[C@H]1CCCN(Cc2ccc3c(c2)CN(Cc2ccccc2OC)CCO3)C1. The second kappa shape index (κ2) is 11.7. The zero-order chi connectivity index (χ0) is 23.9. The summed E-state index contributed by atoms with van der Waals surface area (Å²) in [5, 5.41) is 0. The Balaban J connectivity index is 1.42. The highest BCUT2D eigenvalue weighted by Gasteiger charge is 2.28. The molecular formula is C28H39N3O3. The number of carbonyl (C=O) groups excluding carboxylic acids is 1. The van der Waals surface area contributed by atoms with Crippen LogP contribution in [-0.4, -0.2) is 67.0 Å². The Morgan fingerprint density at radius 1 is 1.09 bits per heavy atom. The van der Waals surface area contributed by atoms with E-state index in [0.29, 0.717) is 12.5 Å². The van der Waals surface area contributed by atoms with E-state index in [0.717, 1.165) is 76.7 Å². The number of hydrogen-bond acceptors (Lipinski definition) is 5. The first-order valence-corrected chi connectivity index (χ1v) is 12.7. The van der Waals surface area contributed by atoms with E-state index in [-0.39, 0.29) is 5.92 Å². The summed E-state index contributed by atoms with van der Waals surface area (Å²) in [6.07, 6.45) is 2.08. The Morgan fingerprint density at radius 3 is 2.71 bits per heavy atom. The molecule has 0 aliphatic carbocycles. The first-order chi connectivity index (χ1) is 16.6. The Bertz CT molecular complexity index is 960. The molecule has 0 unspecified atom stereocenters. The van der Waals surface area contributed by atoms with Crippen LogP contribution in [0.25, 0.3) is 0 Å². The molecule has 0 saturated carbocycles. The summed E-state index contributed by atoms with van der Waals surface area (Å²) >= 11 is 0. The zero-order valence-electron chi connectivity index (χ0n) is 21.0. The van der Waals surface area contributed by atoms with E-state index in [4.69, 9.17) is 9.47 Å². The van der Waals surface area contributed by atoms with Gasteiger partial charge in [-0.25, -0.2) is 0 Å². The van der Waals surface area contributed by atoms with Crippen LogP contribution in [0.4, 0.5) is 0 Å². The van der Waals surface area contributed by atoms with E-state index >= 15 is 0 Å². The number of nitrogens with zero attached hydrogens (tertiary/aromatic N) is 3. The number of methoxy groups -OCH3 is 1. The maximum Gasteiger partial charge on any atom is 0.226 e. The molecule has 6 nitrogen and oxygen atoms in total. The van der Waals surface area contributed by atoms with Crippen molar-refractivity contribution in [2.24, 2.45) is 5.92 Å². The molecule has 0 radical (unpaired) electrons. The normalized spacial score (nSPS) is 19.1. The van der Waals surface area contributed by atoms with Gasteiger partial charge in [-0.1, -0.05) is 24.3 Å². The molecule has 4 rings (SSSR count). The van der Waals surface area contributed by atoms with Gasteiger partial charge in [0.2, 0.25) is 5.91 Å². The lowest BCUT2D eigenvalue weighted by Gasteiger charge is -2.34. The average molecular weight is 466 g/mol. The molecule has 0 bridgehead atoms. The molecule has 1 amide bonds.